The van der Waals surface area contributed by atoms with Crippen LogP contribution < -0.4 is 5.43 Å². The molecule has 0 saturated heterocycles. The molecule has 1 aromatic heterocycles. The molecule has 0 bridgehead atoms. The van der Waals surface area contributed by atoms with E-state index in [1.807, 2.05) is 0 Å². The highest BCUT2D eigenvalue weighted by molar-refractivity contribution is 5.78. The number of ether oxygens (including phenoxy) is 1. The van der Waals surface area contributed by atoms with Crippen LogP contribution in [0.15, 0.2) is 29.3 Å². The second-order valence-electron chi connectivity index (χ2n) is 3.47. The summed E-state index contributed by atoms with van der Waals surface area (Å²) in [5.41, 5.74) is -1.71. The molecule has 1 N–H and O–H groups in total. The first kappa shape index (κ1) is 11.5. The van der Waals surface area contributed by atoms with E-state index in [1.165, 1.54) is 38.6 Å². The molecule has 0 aliphatic carbocycles. The number of aliphatic hydroxyl groups is 1. The first-order valence-electron chi connectivity index (χ1n) is 4.42. The van der Waals surface area contributed by atoms with Gasteiger partial charge in [-0.15, -0.1) is 0 Å². The highest BCUT2D eigenvalue weighted by Gasteiger charge is 2.31. The van der Waals surface area contributed by atoms with Gasteiger partial charge in [0.2, 0.25) is 0 Å². The van der Waals surface area contributed by atoms with Crippen LogP contribution in [-0.2, 0) is 16.1 Å². The topological polar surface area (TPSA) is 68.5 Å². The van der Waals surface area contributed by atoms with Gasteiger partial charge in [-0.3, -0.25) is 4.79 Å². The fourth-order valence-electron chi connectivity index (χ4n) is 1.19. The van der Waals surface area contributed by atoms with Crippen molar-refractivity contribution in [3.05, 3.63) is 34.7 Å². The first-order chi connectivity index (χ1) is 6.95. The number of aromatic nitrogens is 1. The fraction of sp³-hybridized carbons (Fsp3) is 0.400. The molecule has 0 fully saturated rings. The van der Waals surface area contributed by atoms with Crippen LogP contribution in [0.3, 0.4) is 0 Å². The van der Waals surface area contributed by atoms with E-state index in [2.05, 4.69) is 4.74 Å². The predicted octanol–water partition coefficient (Wildman–Crippen LogP) is -0.228. The SMILES string of the molecule is COC(=O)C(C)(O)Cn1ccc(=O)cc1. The standard InChI is InChI=1S/C10H13NO4/c1-10(14,9(13)15-2)7-11-5-3-8(12)4-6-11/h3-6,14H,7H2,1-2H3. The van der Waals surface area contributed by atoms with E-state index in [0.29, 0.717) is 0 Å². The van der Waals surface area contributed by atoms with E-state index >= 15 is 0 Å². The lowest BCUT2D eigenvalue weighted by Gasteiger charge is -2.21. The maximum atomic E-state index is 11.2. The normalized spacial score (nSPS) is 14.3. The van der Waals surface area contributed by atoms with Crippen molar-refractivity contribution in [3.8, 4) is 0 Å². The zero-order valence-corrected chi connectivity index (χ0v) is 8.64. The lowest BCUT2D eigenvalue weighted by Crippen LogP contribution is -2.40. The number of carbonyl (C=O) groups is 1. The Bertz CT molecular complexity index is 388. The summed E-state index contributed by atoms with van der Waals surface area (Å²) in [6.07, 6.45) is 3.00. The molecule has 0 saturated carbocycles. The van der Waals surface area contributed by atoms with Crippen LogP contribution >= 0.6 is 0 Å². The second kappa shape index (κ2) is 4.27. The fourth-order valence-corrected chi connectivity index (χ4v) is 1.19. The number of rotatable bonds is 3. The van der Waals surface area contributed by atoms with Crippen LogP contribution in [0.5, 0.6) is 0 Å². The molecule has 0 aliphatic rings. The number of hydrogen-bond acceptors (Lipinski definition) is 4. The summed E-state index contributed by atoms with van der Waals surface area (Å²) in [5, 5.41) is 9.73. The Morgan fingerprint density at radius 1 is 1.53 bits per heavy atom. The van der Waals surface area contributed by atoms with Crippen molar-refractivity contribution in [1.29, 1.82) is 0 Å². The largest absolute Gasteiger partial charge is 0.467 e. The Balaban J connectivity index is 2.81. The lowest BCUT2D eigenvalue weighted by atomic mass is 10.1. The molecule has 1 rings (SSSR count). The average molecular weight is 211 g/mol. The quantitative estimate of drug-likeness (QED) is 0.701. The van der Waals surface area contributed by atoms with Gasteiger partial charge >= 0.3 is 5.97 Å². The van der Waals surface area contributed by atoms with Crippen molar-refractivity contribution in [2.75, 3.05) is 7.11 Å². The summed E-state index contributed by atoms with van der Waals surface area (Å²) in [6, 6.07) is 2.71. The molecule has 0 amide bonds. The van der Waals surface area contributed by atoms with E-state index in [-0.39, 0.29) is 12.0 Å². The van der Waals surface area contributed by atoms with Gasteiger partial charge in [0.15, 0.2) is 11.0 Å². The monoisotopic (exact) mass is 211 g/mol. The van der Waals surface area contributed by atoms with Crippen LogP contribution in [0.4, 0.5) is 0 Å². The van der Waals surface area contributed by atoms with E-state index in [9.17, 15) is 14.7 Å². The predicted molar refractivity (Wildman–Crippen MR) is 53.3 cm³/mol. The van der Waals surface area contributed by atoms with Gasteiger partial charge in [0, 0.05) is 24.5 Å². The summed E-state index contributed by atoms with van der Waals surface area (Å²) in [7, 11) is 1.21. The summed E-state index contributed by atoms with van der Waals surface area (Å²) in [6.45, 7) is 1.40. The van der Waals surface area contributed by atoms with Gasteiger partial charge in [-0.2, -0.15) is 0 Å². The molecule has 1 aromatic rings. The molecule has 0 aromatic carbocycles. The molecule has 0 spiro atoms. The smallest absolute Gasteiger partial charge is 0.339 e. The van der Waals surface area contributed by atoms with Gasteiger partial charge in [0.1, 0.15) is 0 Å². The third kappa shape index (κ3) is 2.92. The van der Waals surface area contributed by atoms with Gasteiger partial charge < -0.3 is 14.4 Å². The highest BCUT2D eigenvalue weighted by atomic mass is 16.5. The molecule has 82 valence electrons. The Labute approximate surface area is 86.9 Å². The second-order valence-corrected chi connectivity index (χ2v) is 3.47. The Morgan fingerprint density at radius 2 is 2.07 bits per heavy atom. The van der Waals surface area contributed by atoms with Crippen molar-refractivity contribution < 1.29 is 14.6 Å². The zero-order valence-electron chi connectivity index (χ0n) is 8.64. The number of methoxy groups -OCH3 is 1. The summed E-state index contributed by atoms with van der Waals surface area (Å²) in [4.78, 5) is 22.0. The van der Waals surface area contributed by atoms with Crippen molar-refractivity contribution in [3.63, 3.8) is 0 Å². The van der Waals surface area contributed by atoms with Crippen molar-refractivity contribution in [2.45, 2.75) is 19.1 Å². The van der Waals surface area contributed by atoms with E-state index < -0.39 is 11.6 Å². The van der Waals surface area contributed by atoms with E-state index in [0.717, 1.165) is 0 Å². The number of hydrogen-bond donors (Lipinski definition) is 1. The summed E-state index contributed by atoms with van der Waals surface area (Å²) < 4.78 is 5.99. The molecule has 1 unspecified atom stereocenters. The maximum Gasteiger partial charge on any atom is 0.339 e. The van der Waals surface area contributed by atoms with Gasteiger partial charge in [0.25, 0.3) is 0 Å². The third-order valence-electron chi connectivity index (χ3n) is 1.98. The Hall–Kier alpha value is -1.62. The Kier molecular flexibility index (Phi) is 3.26. The molecule has 15 heavy (non-hydrogen) atoms. The van der Waals surface area contributed by atoms with Crippen molar-refractivity contribution >= 4 is 5.97 Å². The van der Waals surface area contributed by atoms with Crippen LogP contribution in [-0.4, -0.2) is 28.4 Å². The van der Waals surface area contributed by atoms with Gasteiger partial charge in [-0.1, -0.05) is 0 Å². The first-order valence-corrected chi connectivity index (χ1v) is 4.42. The summed E-state index contributed by atoms with van der Waals surface area (Å²) >= 11 is 0. The third-order valence-corrected chi connectivity index (χ3v) is 1.98. The van der Waals surface area contributed by atoms with Crippen molar-refractivity contribution in [2.24, 2.45) is 0 Å². The number of pyridine rings is 1. The molecular weight excluding hydrogens is 198 g/mol. The number of esters is 1. The van der Waals surface area contributed by atoms with Crippen LogP contribution in [0.2, 0.25) is 0 Å². The lowest BCUT2D eigenvalue weighted by molar-refractivity contribution is -0.161. The van der Waals surface area contributed by atoms with Crippen LogP contribution in [0.25, 0.3) is 0 Å². The molecule has 5 nitrogen and oxygen atoms in total. The summed E-state index contributed by atoms with van der Waals surface area (Å²) in [5.74, 6) is -0.707. The number of nitrogens with zero attached hydrogens (tertiary/aromatic N) is 1. The minimum atomic E-state index is -1.59. The molecule has 0 aliphatic heterocycles. The van der Waals surface area contributed by atoms with E-state index in [1.54, 1.807) is 4.57 Å². The highest BCUT2D eigenvalue weighted by Crippen LogP contribution is 2.08. The Morgan fingerprint density at radius 3 is 2.53 bits per heavy atom. The minimum Gasteiger partial charge on any atom is -0.467 e. The van der Waals surface area contributed by atoms with Crippen LogP contribution in [0, 0.1) is 0 Å². The van der Waals surface area contributed by atoms with E-state index in [4.69, 9.17) is 0 Å². The minimum absolute atomic E-state index is 0.0416. The molecule has 1 atom stereocenters. The maximum absolute atomic E-state index is 11.2. The van der Waals surface area contributed by atoms with Crippen LogP contribution in [0.1, 0.15) is 6.92 Å². The number of carbonyl (C=O) groups excluding carboxylic acids is 1. The molecular formula is C10H13NO4. The zero-order chi connectivity index (χ0) is 11.5. The van der Waals surface area contributed by atoms with Crippen molar-refractivity contribution in [1.82, 2.24) is 4.57 Å². The van der Waals surface area contributed by atoms with Gasteiger partial charge in [-0.05, 0) is 6.92 Å². The molecule has 0 radical (unpaired) electrons. The molecule has 1 heterocycles. The van der Waals surface area contributed by atoms with Gasteiger partial charge in [0.05, 0.1) is 13.7 Å². The van der Waals surface area contributed by atoms with Gasteiger partial charge in [-0.25, -0.2) is 4.79 Å². The molecule has 5 heteroatoms. The average Bonchev–Trinajstić information content (AvgIpc) is 2.20.